The molecule has 0 atom stereocenters. The normalized spacial score (nSPS) is 16.4. The Kier molecular flexibility index (Phi) is 4.10. The molecule has 0 aliphatic carbocycles. The minimum absolute atomic E-state index is 0.00806. The first-order chi connectivity index (χ1) is 9.97. The number of amides is 1. The van der Waals surface area contributed by atoms with Gasteiger partial charge in [0.05, 0.1) is 5.56 Å². The zero-order chi connectivity index (χ0) is 16.7. The van der Waals surface area contributed by atoms with Crippen LogP contribution in [0, 0.1) is 5.82 Å². The van der Waals surface area contributed by atoms with Gasteiger partial charge in [0.15, 0.2) is 0 Å². The first-order valence-corrected chi connectivity index (χ1v) is 6.82. The van der Waals surface area contributed by atoms with E-state index in [1.807, 2.05) is 0 Å². The zero-order valence-electron chi connectivity index (χ0n) is 12.5. The molecule has 0 aromatic heterocycles. The van der Waals surface area contributed by atoms with E-state index in [1.165, 1.54) is 4.90 Å². The van der Waals surface area contributed by atoms with Gasteiger partial charge in [-0.25, -0.2) is 9.18 Å². The topological polar surface area (TPSA) is 29.5 Å². The van der Waals surface area contributed by atoms with Crippen molar-refractivity contribution in [2.45, 2.75) is 38.5 Å². The molecule has 1 aromatic rings. The van der Waals surface area contributed by atoms with Gasteiger partial charge in [-0.15, -0.1) is 0 Å². The highest BCUT2D eigenvalue weighted by molar-refractivity contribution is 5.69. The fourth-order valence-corrected chi connectivity index (χ4v) is 2.28. The number of carbonyl (C=O) groups excluding carboxylic acids is 1. The van der Waals surface area contributed by atoms with Gasteiger partial charge in [-0.05, 0) is 38.5 Å². The van der Waals surface area contributed by atoms with Crippen LogP contribution in [0.5, 0.6) is 0 Å². The Labute approximate surface area is 125 Å². The number of hydrogen-bond acceptors (Lipinski definition) is 2. The number of rotatable bonds is 1. The second kappa shape index (κ2) is 5.44. The molecule has 22 heavy (non-hydrogen) atoms. The molecule has 1 heterocycles. The van der Waals surface area contributed by atoms with Crippen LogP contribution in [0.25, 0.3) is 0 Å². The van der Waals surface area contributed by atoms with E-state index < -0.39 is 35.2 Å². The molecule has 0 unspecified atom stereocenters. The van der Waals surface area contributed by atoms with Crippen LogP contribution in [0.2, 0.25) is 0 Å². The number of benzene rings is 1. The molecule has 3 nitrogen and oxygen atoms in total. The SMILES string of the molecule is CC(C)(C)OC(=O)N1CC(c2ccc(F)cc2C(F)(F)F)C1. The second-order valence-electron chi connectivity index (χ2n) is 6.31. The smallest absolute Gasteiger partial charge is 0.416 e. The summed E-state index contributed by atoms with van der Waals surface area (Å²) in [6.45, 7) is 5.39. The van der Waals surface area contributed by atoms with Crippen molar-refractivity contribution in [2.24, 2.45) is 0 Å². The molecule has 0 spiro atoms. The van der Waals surface area contributed by atoms with Gasteiger partial charge < -0.3 is 9.64 Å². The van der Waals surface area contributed by atoms with Crippen LogP contribution in [0.1, 0.15) is 37.8 Å². The van der Waals surface area contributed by atoms with Crippen molar-refractivity contribution in [3.05, 3.63) is 35.1 Å². The summed E-state index contributed by atoms with van der Waals surface area (Å²) in [4.78, 5) is 13.1. The van der Waals surface area contributed by atoms with E-state index in [2.05, 4.69) is 0 Å². The Hall–Kier alpha value is -1.79. The van der Waals surface area contributed by atoms with E-state index in [0.29, 0.717) is 6.07 Å². The lowest BCUT2D eigenvalue weighted by Gasteiger charge is -2.40. The van der Waals surface area contributed by atoms with E-state index in [-0.39, 0.29) is 18.7 Å². The van der Waals surface area contributed by atoms with Crippen LogP contribution in [0.3, 0.4) is 0 Å². The predicted molar refractivity (Wildman–Crippen MR) is 72.0 cm³/mol. The van der Waals surface area contributed by atoms with E-state index in [9.17, 15) is 22.4 Å². The average Bonchev–Trinajstić information content (AvgIpc) is 2.25. The maximum absolute atomic E-state index is 13.1. The van der Waals surface area contributed by atoms with E-state index >= 15 is 0 Å². The quantitative estimate of drug-likeness (QED) is 0.727. The van der Waals surface area contributed by atoms with Crippen LogP contribution >= 0.6 is 0 Å². The van der Waals surface area contributed by atoms with Crippen molar-refractivity contribution in [2.75, 3.05) is 13.1 Å². The Bertz CT molecular complexity index is 572. The summed E-state index contributed by atoms with van der Waals surface area (Å²) in [5, 5.41) is 0. The molecule has 1 aromatic carbocycles. The van der Waals surface area contributed by atoms with E-state index in [1.54, 1.807) is 20.8 Å². The third-order valence-electron chi connectivity index (χ3n) is 3.29. The minimum Gasteiger partial charge on any atom is -0.444 e. The number of alkyl halides is 3. The Morgan fingerprint density at radius 1 is 1.23 bits per heavy atom. The van der Waals surface area contributed by atoms with Crippen molar-refractivity contribution in [3.63, 3.8) is 0 Å². The highest BCUT2D eigenvalue weighted by Crippen LogP contribution is 2.39. The maximum Gasteiger partial charge on any atom is 0.416 e. The zero-order valence-corrected chi connectivity index (χ0v) is 12.5. The van der Waals surface area contributed by atoms with Gasteiger partial charge in [0.2, 0.25) is 0 Å². The third-order valence-corrected chi connectivity index (χ3v) is 3.29. The average molecular weight is 319 g/mol. The molecule has 1 saturated heterocycles. The maximum atomic E-state index is 13.1. The molecule has 1 amide bonds. The lowest BCUT2D eigenvalue weighted by atomic mass is 9.88. The van der Waals surface area contributed by atoms with Gasteiger partial charge in [0.1, 0.15) is 11.4 Å². The molecule has 2 rings (SSSR count). The van der Waals surface area contributed by atoms with Crippen LogP contribution in [0.4, 0.5) is 22.4 Å². The standard InChI is InChI=1S/C15H17F4NO2/c1-14(2,3)22-13(21)20-7-9(8-20)11-5-4-10(16)6-12(11)15(17,18)19/h4-6,9H,7-8H2,1-3H3. The molecule has 0 bridgehead atoms. The number of halogens is 4. The highest BCUT2D eigenvalue weighted by Gasteiger charge is 2.41. The molecule has 1 aliphatic rings. The van der Waals surface area contributed by atoms with Crippen LogP contribution in [-0.2, 0) is 10.9 Å². The third kappa shape index (κ3) is 3.69. The number of ether oxygens (including phenoxy) is 1. The first kappa shape index (κ1) is 16.6. The molecular weight excluding hydrogens is 302 g/mol. The van der Waals surface area contributed by atoms with Gasteiger partial charge in [-0.2, -0.15) is 13.2 Å². The Balaban J connectivity index is 2.09. The number of nitrogens with zero attached hydrogens (tertiary/aromatic N) is 1. The second-order valence-corrected chi connectivity index (χ2v) is 6.31. The largest absolute Gasteiger partial charge is 0.444 e. The molecule has 1 aliphatic heterocycles. The summed E-state index contributed by atoms with van der Waals surface area (Å²) < 4.78 is 57.1. The van der Waals surface area contributed by atoms with Crippen molar-refractivity contribution in [3.8, 4) is 0 Å². The number of likely N-dealkylation sites (tertiary alicyclic amines) is 1. The van der Waals surface area contributed by atoms with Crippen LogP contribution < -0.4 is 0 Å². The van der Waals surface area contributed by atoms with Gasteiger partial charge in [-0.3, -0.25) is 0 Å². The van der Waals surface area contributed by atoms with Crippen molar-refractivity contribution in [1.29, 1.82) is 0 Å². The summed E-state index contributed by atoms with van der Waals surface area (Å²) in [6.07, 6.45) is -5.18. The summed E-state index contributed by atoms with van der Waals surface area (Å²) in [5.74, 6) is -1.40. The number of hydrogen-bond donors (Lipinski definition) is 0. The summed E-state index contributed by atoms with van der Waals surface area (Å²) in [6, 6.07) is 2.63. The van der Waals surface area contributed by atoms with Crippen molar-refractivity contribution < 1.29 is 27.1 Å². The van der Waals surface area contributed by atoms with E-state index in [0.717, 1.165) is 12.1 Å². The van der Waals surface area contributed by atoms with Gasteiger partial charge in [-0.1, -0.05) is 6.07 Å². The van der Waals surface area contributed by atoms with Crippen molar-refractivity contribution >= 4 is 6.09 Å². The molecule has 7 heteroatoms. The number of carbonyl (C=O) groups is 1. The Morgan fingerprint density at radius 3 is 2.32 bits per heavy atom. The van der Waals surface area contributed by atoms with Crippen molar-refractivity contribution in [1.82, 2.24) is 4.90 Å². The molecule has 1 fully saturated rings. The lowest BCUT2D eigenvalue weighted by Crippen LogP contribution is -2.50. The fraction of sp³-hybridized carbons (Fsp3) is 0.533. The fourth-order valence-electron chi connectivity index (χ4n) is 2.28. The van der Waals surface area contributed by atoms with E-state index in [4.69, 9.17) is 4.74 Å². The summed E-state index contributed by atoms with van der Waals surface area (Å²) >= 11 is 0. The van der Waals surface area contributed by atoms with Gasteiger partial charge in [0.25, 0.3) is 0 Å². The molecule has 0 saturated carbocycles. The van der Waals surface area contributed by atoms with Crippen LogP contribution in [-0.4, -0.2) is 29.7 Å². The van der Waals surface area contributed by atoms with Gasteiger partial charge >= 0.3 is 12.3 Å². The molecule has 0 N–H and O–H groups in total. The molecule has 122 valence electrons. The molecular formula is C15H17F4NO2. The lowest BCUT2D eigenvalue weighted by molar-refractivity contribution is -0.138. The minimum atomic E-state index is -4.62. The highest BCUT2D eigenvalue weighted by atomic mass is 19.4. The first-order valence-electron chi connectivity index (χ1n) is 6.82. The Morgan fingerprint density at radius 2 is 1.82 bits per heavy atom. The summed E-state index contributed by atoms with van der Waals surface area (Å²) in [7, 11) is 0. The summed E-state index contributed by atoms with van der Waals surface area (Å²) in [5.41, 5.74) is -1.63. The molecule has 0 radical (unpaired) electrons. The van der Waals surface area contributed by atoms with Gasteiger partial charge in [0, 0.05) is 19.0 Å². The monoisotopic (exact) mass is 319 g/mol. The predicted octanol–water partition coefficient (Wildman–Crippen LogP) is 4.18. The van der Waals surface area contributed by atoms with Crippen LogP contribution in [0.15, 0.2) is 18.2 Å².